The molecule has 5 nitrogen and oxygen atoms in total. The molecule has 1 aromatic heterocycles. The van der Waals surface area contributed by atoms with Gasteiger partial charge in [-0.25, -0.2) is 0 Å². The van der Waals surface area contributed by atoms with Crippen LogP contribution in [0.15, 0.2) is 48.7 Å². The molecule has 0 spiro atoms. The first-order chi connectivity index (χ1) is 12.2. The van der Waals surface area contributed by atoms with E-state index in [4.69, 9.17) is 0 Å². The third-order valence-electron chi connectivity index (χ3n) is 4.45. The lowest BCUT2D eigenvalue weighted by Crippen LogP contribution is -2.30. The molecular formula is C20H26N4O. The second-order valence-corrected chi connectivity index (χ2v) is 6.60. The highest BCUT2D eigenvalue weighted by Gasteiger charge is 2.13. The maximum Gasteiger partial charge on any atom is 0.225 e. The molecule has 3 rings (SSSR count). The molecule has 1 aliphatic heterocycles. The maximum absolute atomic E-state index is 12.3. The number of benzene rings is 1. The summed E-state index contributed by atoms with van der Waals surface area (Å²) in [4.78, 5) is 18.9. The molecule has 1 unspecified atom stereocenters. The second kappa shape index (κ2) is 8.62. The van der Waals surface area contributed by atoms with Gasteiger partial charge in [0.1, 0.15) is 0 Å². The predicted octanol–water partition coefficient (Wildman–Crippen LogP) is 3.19. The number of carbonyl (C=O) groups is 1. The lowest BCUT2D eigenvalue weighted by molar-refractivity contribution is -0.116. The molecule has 0 bridgehead atoms. The van der Waals surface area contributed by atoms with E-state index in [1.807, 2.05) is 37.3 Å². The Kier molecular flexibility index (Phi) is 6.01. The predicted molar refractivity (Wildman–Crippen MR) is 102 cm³/mol. The Morgan fingerprint density at radius 1 is 1.20 bits per heavy atom. The van der Waals surface area contributed by atoms with Crippen molar-refractivity contribution in [1.29, 1.82) is 0 Å². The van der Waals surface area contributed by atoms with E-state index in [1.54, 1.807) is 6.20 Å². The largest absolute Gasteiger partial charge is 0.371 e. The Bertz CT molecular complexity index is 683. The van der Waals surface area contributed by atoms with Gasteiger partial charge in [0, 0.05) is 49.7 Å². The number of amides is 1. The van der Waals surface area contributed by atoms with Crippen molar-refractivity contribution in [2.24, 2.45) is 0 Å². The molecule has 1 amide bonds. The van der Waals surface area contributed by atoms with Gasteiger partial charge in [-0.05, 0) is 50.1 Å². The van der Waals surface area contributed by atoms with Crippen LogP contribution >= 0.6 is 0 Å². The number of rotatable bonds is 7. The first-order valence-corrected chi connectivity index (χ1v) is 8.99. The van der Waals surface area contributed by atoms with E-state index < -0.39 is 0 Å². The fourth-order valence-electron chi connectivity index (χ4n) is 3.10. The zero-order chi connectivity index (χ0) is 17.5. The lowest BCUT2D eigenvalue weighted by atomic mass is 10.2. The Labute approximate surface area is 149 Å². The average Bonchev–Trinajstić information content (AvgIpc) is 3.16. The summed E-state index contributed by atoms with van der Waals surface area (Å²) < 4.78 is 0. The first-order valence-electron chi connectivity index (χ1n) is 8.99. The molecule has 0 saturated carbocycles. The van der Waals surface area contributed by atoms with Gasteiger partial charge in [0.15, 0.2) is 0 Å². The minimum Gasteiger partial charge on any atom is -0.371 e. The molecule has 2 N–H and O–H groups in total. The SMILES string of the molecule is CC(CC(=O)Nc1cccc(N2CCCC2)c1)NCc1ccccn1. The highest BCUT2D eigenvalue weighted by Crippen LogP contribution is 2.23. The molecule has 1 aliphatic rings. The van der Waals surface area contributed by atoms with E-state index in [1.165, 1.54) is 18.5 Å². The Morgan fingerprint density at radius 3 is 2.80 bits per heavy atom. The van der Waals surface area contributed by atoms with Crippen LogP contribution in [0.2, 0.25) is 0 Å². The molecule has 25 heavy (non-hydrogen) atoms. The summed E-state index contributed by atoms with van der Waals surface area (Å²) in [6.45, 7) is 4.89. The third-order valence-corrected chi connectivity index (χ3v) is 4.45. The summed E-state index contributed by atoms with van der Waals surface area (Å²) in [5, 5.41) is 6.35. The summed E-state index contributed by atoms with van der Waals surface area (Å²) >= 11 is 0. The summed E-state index contributed by atoms with van der Waals surface area (Å²) in [7, 11) is 0. The zero-order valence-electron chi connectivity index (χ0n) is 14.7. The summed E-state index contributed by atoms with van der Waals surface area (Å²) in [5.41, 5.74) is 3.04. The molecule has 1 fully saturated rings. The van der Waals surface area contributed by atoms with Crippen molar-refractivity contribution < 1.29 is 4.79 Å². The molecular weight excluding hydrogens is 312 g/mol. The molecule has 1 aromatic carbocycles. The Hall–Kier alpha value is -2.40. The Morgan fingerprint density at radius 2 is 2.04 bits per heavy atom. The quantitative estimate of drug-likeness (QED) is 0.814. The highest BCUT2D eigenvalue weighted by atomic mass is 16.1. The highest BCUT2D eigenvalue weighted by molar-refractivity contribution is 5.91. The Balaban J connectivity index is 1.47. The first kappa shape index (κ1) is 17.4. The molecule has 0 radical (unpaired) electrons. The van der Waals surface area contributed by atoms with Crippen LogP contribution in [0.4, 0.5) is 11.4 Å². The van der Waals surface area contributed by atoms with E-state index in [2.05, 4.69) is 32.7 Å². The van der Waals surface area contributed by atoms with Crippen LogP contribution in [0.3, 0.4) is 0 Å². The number of hydrogen-bond acceptors (Lipinski definition) is 4. The number of nitrogens with zero attached hydrogens (tertiary/aromatic N) is 2. The van der Waals surface area contributed by atoms with E-state index in [0.717, 1.165) is 24.5 Å². The minimum atomic E-state index is 0.0274. The maximum atomic E-state index is 12.3. The van der Waals surface area contributed by atoms with Gasteiger partial charge >= 0.3 is 0 Å². The minimum absolute atomic E-state index is 0.0274. The summed E-state index contributed by atoms with van der Waals surface area (Å²) in [6, 6.07) is 14.1. The van der Waals surface area contributed by atoms with Crippen molar-refractivity contribution in [3.8, 4) is 0 Å². The number of nitrogens with one attached hydrogen (secondary N) is 2. The van der Waals surface area contributed by atoms with Crippen LogP contribution in [-0.2, 0) is 11.3 Å². The number of carbonyl (C=O) groups excluding carboxylic acids is 1. The number of aromatic nitrogens is 1. The second-order valence-electron chi connectivity index (χ2n) is 6.60. The van der Waals surface area contributed by atoms with E-state index >= 15 is 0 Å². The zero-order valence-corrected chi connectivity index (χ0v) is 14.7. The van der Waals surface area contributed by atoms with Crippen molar-refractivity contribution in [2.45, 2.75) is 38.8 Å². The summed E-state index contributed by atoms with van der Waals surface area (Å²) in [5.74, 6) is 0.0274. The smallest absolute Gasteiger partial charge is 0.225 e. The molecule has 2 heterocycles. The van der Waals surface area contributed by atoms with Crippen LogP contribution in [-0.4, -0.2) is 30.0 Å². The van der Waals surface area contributed by atoms with Crippen molar-refractivity contribution in [1.82, 2.24) is 10.3 Å². The van der Waals surface area contributed by atoms with Crippen LogP contribution < -0.4 is 15.5 Å². The molecule has 132 valence electrons. The van der Waals surface area contributed by atoms with Crippen LogP contribution in [0.1, 0.15) is 31.9 Å². The van der Waals surface area contributed by atoms with Gasteiger partial charge in [0.25, 0.3) is 0 Å². The van der Waals surface area contributed by atoms with Crippen molar-refractivity contribution in [3.05, 3.63) is 54.4 Å². The van der Waals surface area contributed by atoms with Gasteiger partial charge in [-0.1, -0.05) is 12.1 Å². The number of pyridine rings is 1. The van der Waals surface area contributed by atoms with Crippen molar-refractivity contribution >= 4 is 17.3 Å². The van der Waals surface area contributed by atoms with Crippen molar-refractivity contribution in [3.63, 3.8) is 0 Å². The van der Waals surface area contributed by atoms with Gasteiger partial charge in [0.2, 0.25) is 5.91 Å². The third kappa shape index (κ3) is 5.29. The van der Waals surface area contributed by atoms with E-state index in [-0.39, 0.29) is 11.9 Å². The van der Waals surface area contributed by atoms with Crippen LogP contribution in [0, 0.1) is 0 Å². The molecule has 1 atom stereocenters. The average molecular weight is 338 g/mol. The fraction of sp³-hybridized carbons (Fsp3) is 0.400. The van der Waals surface area contributed by atoms with Crippen LogP contribution in [0.25, 0.3) is 0 Å². The fourth-order valence-corrected chi connectivity index (χ4v) is 3.10. The van der Waals surface area contributed by atoms with Crippen molar-refractivity contribution in [2.75, 3.05) is 23.3 Å². The molecule has 1 saturated heterocycles. The summed E-state index contributed by atoms with van der Waals surface area (Å²) in [6.07, 6.45) is 4.70. The number of anilines is 2. The van der Waals surface area contributed by atoms with Gasteiger partial charge in [-0.3, -0.25) is 9.78 Å². The van der Waals surface area contributed by atoms with Gasteiger partial charge < -0.3 is 15.5 Å². The van der Waals surface area contributed by atoms with E-state index in [9.17, 15) is 4.79 Å². The topological polar surface area (TPSA) is 57.3 Å². The monoisotopic (exact) mass is 338 g/mol. The molecule has 0 aliphatic carbocycles. The standard InChI is InChI=1S/C20H26N4O/c1-16(22-15-18-7-2-3-10-21-18)13-20(25)23-17-8-6-9-19(14-17)24-11-4-5-12-24/h2-3,6-10,14,16,22H,4-5,11-13,15H2,1H3,(H,23,25). The lowest BCUT2D eigenvalue weighted by Gasteiger charge is -2.19. The molecule has 5 heteroatoms. The van der Waals surface area contributed by atoms with Gasteiger partial charge in [0.05, 0.1) is 5.69 Å². The van der Waals surface area contributed by atoms with E-state index in [0.29, 0.717) is 13.0 Å². The normalized spacial score (nSPS) is 15.2. The van der Waals surface area contributed by atoms with Gasteiger partial charge in [-0.15, -0.1) is 0 Å². The van der Waals surface area contributed by atoms with Crippen LogP contribution in [0.5, 0.6) is 0 Å². The molecule has 2 aromatic rings. The number of hydrogen-bond donors (Lipinski definition) is 2. The van der Waals surface area contributed by atoms with Gasteiger partial charge in [-0.2, -0.15) is 0 Å².